The zero-order valence-electron chi connectivity index (χ0n) is 4.72. The van der Waals surface area contributed by atoms with Gasteiger partial charge in [0.2, 0.25) is 0 Å². The Morgan fingerprint density at radius 3 is 2.12 bits per heavy atom. The van der Waals surface area contributed by atoms with Crippen LogP contribution in [-0.4, -0.2) is 11.9 Å². The molecule has 0 aromatic rings. The van der Waals surface area contributed by atoms with E-state index in [4.69, 9.17) is 0 Å². The molecule has 0 atom stereocenters. The molecule has 0 unspecified atom stereocenters. The van der Waals surface area contributed by atoms with Crippen molar-refractivity contribution in [1.82, 2.24) is 0 Å². The van der Waals surface area contributed by atoms with Crippen LogP contribution >= 0.6 is 0 Å². The first-order valence-electron chi connectivity index (χ1n) is 2.07. The second-order valence-corrected chi connectivity index (χ2v) is 1.25. The highest BCUT2D eigenvalue weighted by atomic mass is 16.5. The Balaban J connectivity index is 3.74. The average molecular weight is 114 g/mol. The standard InChI is InChI=1S/C5H6O3/c1-4(3-6)8-5(2)7/h1-2H3. The molecular weight excluding hydrogens is 108 g/mol. The molecule has 0 fully saturated rings. The Kier molecular flexibility index (Phi) is 2.59. The zero-order valence-corrected chi connectivity index (χ0v) is 4.72. The molecule has 3 nitrogen and oxygen atoms in total. The number of ether oxygens (including phenoxy) is 1. The molecule has 3 heteroatoms. The van der Waals surface area contributed by atoms with Crippen molar-refractivity contribution in [3.8, 4) is 0 Å². The van der Waals surface area contributed by atoms with Crippen molar-refractivity contribution in [1.29, 1.82) is 0 Å². The summed E-state index contributed by atoms with van der Waals surface area (Å²) in [5, 5.41) is 0. The van der Waals surface area contributed by atoms with Gasteiger partial charge < -0.3 is 4.74 Å². The van der Waals surface area contributed by atoms with Crippen LogP contribution < -0.4 is 0 Å². The van der Waals surface area contributed by atoms with Crippen molar-refractivity contribution in [2.24, 2.45) is 0 Å². The van der Waals surface area contributed by atoms with E-state index in [1.807, 2.05) is 0 Å². The minimum Gasteiger partial charge on any atom is -0.420 e. The van der Waals surface area contributed by atoms with E-state index in [-0.39, 0.29) is 5.76 Å². The second kappa shape index (κ2) is 2.99. The Morgan fingerprint density at radius 2 is 2.00 bits per heavy atom. The van der Waals surface area contributed by atoms with E-state index in [1.165, 1.54) is 19.8 Å². The summed E-state index contributed by atoms with van der Waals surface area (Å²) < 4.78 is 4.25. The summed E-state index contributed by atoms with van der Waals surface area (Å²) in [6.07, 6.45) is 0. The van der Waals surface area contributed by atoms with Crippen molar-refractivity contribution in [2.45, 2.75) is 13.8 Å². The van der Waals surface area contributed by atoms with E-state index < -0.39 is 5.97 Å². The van der Waals surface area contributed by atoms with Crippen LogP contribution in [0.1, 0.15) is 13.8 Å². The molecule has 8 heavy (non-hydrogen) atoms. The molecule has 0 heterocycles. The molecule has 0 radical (unpaired) electrons. The van der Waals surface area contributed by atoms with Gasteiger partial charge in [-0.15, -0.1) is 0 Å². The largest absolute Gasteiger partial charge is 0.420 e. The molecule has 0 amide bonds. The summed E-state index contributed by atoms with van der Waals surface area (Å²) in [6, 6.07) is 0. The van der Waals surface area contributed by atoms with Gasteiger partial charge in [-0.2, -0.15) is 0 Å². The molecule has 0 N–H and O–H groups in total. The van der Waals surface area contributed by atoms with Gasteiger partial charge in [0.1, 0.15) is 0 Å². The summed E-state index contributed by atoms with van der Waals surface area (Å²) in [5.74, 6) is 0.895. The van der Waals surface area contributed by atoms with E-state index in [2.05, 4.69) is 4.74 Å². The minimum absolute atomic E-state index is 0.0301. The average Bonchev–Trinajstić information content (AvgIpc) is 1.65. The lowest BCUT2D eigenvalue weighted by Gasteiger charge is -1.91. The summed E-state index contributed by atoms with van der Waals surface area (Å²) in [5.41, 5.74) is 0. The van der Waals surface area contributed by atoms with Crippen molar-refractivity contribution < 1.29 is 14.3 Å². The predicted octanol–water partition coefficient (Wildman–Crippen LogP) is 0.285. The fourth-order valence-electron chi connectivity index (χ4n) is 0.236. The summed E-state index contributed by atoms with van der Waals surface area (Å²) in [4.78, 5) is 19.6. The lowest BCUT2D eigenvalue weighted by molar-refractivity contribution is -0.136. The zero-order chi connectivity index (χ0) is 6.57. The van der Waals surface area contributed by atoms with E-state index in [0.29, 0.717) is 0 Å². The third-order valence-corrected chi connectivity index (χ3v) is 0.441. The smallest absolute Gasteiger partial charge is 0.308 e. The van der Waals surface area contributed by atoms with Gasteiger partial charge in [-0.25, -0.2) is 4.79 Å². The molecule has 0 rings (SSSR count). The highest BCUT2D eigenvalue weighted by Gasteiger charge is 1.92. The maximum atomic E-state index is 9.99. The SMILES string of the molecule is CC(=O)OC(C)=C=O. The lowest BCUT2D eigenvalue weighted by atomic mass is 10.6. The van der Waals surface area contributed by atoms with Gasteiger partial charge in [-0.05, 0) is 0 Å². The molecule has 0 saturated heterocycles. The normalized spacial score (nSPS) is 7.25. The van der Waals surface area contributed by atoms with Gasteiger partial charge in [0.05, 0.1) is 0 Å². The van der Waals surface area contributed by atoms with Crippen LogP contribution in [0, 0.1) is 0 Å². The molecular formula is C5H6O3. The van der Waals surface area contributed by atoms with Gasteiger partial charge >= 0.3 is 5.97 Å². The van der Waals surface area contributed by atoms with Crippen LogP contribution in [0.2, 0.25) is 0 Å². The van der Waals surface area contributed by atoms with Gasteiger partial charge in [-0.3, -0.25) is 4.79 Å². The molecule has 0 aromatic carbocycles. The first kappa shape index (κ1) is 6.92. The number of allylic oxidation sites excluding steroid dienone is 1. The Morgan fingerprint density at radius 1 is 1.50 bits per heavy atom. The highest BCUT2D eigenvalue weighted by molar-refractivity contribution is 5.69. The van der Waals surface area contributed by atoms with E-state index in [0.717, 1.165) is 0 Å². The number of hydrogen-bond acceptors (Lipinski definition) is 3. The molecule has 0 aliphatic heterocycles. The summed E-state index contributed by atoms with van der Waals surface area (Å²) in [6.45, 7) is 2.59. The molecule has 0 aromatic heterocycles. The number of hydrogen-bond donors (Lipinski definition) is 0. The number of rotatable bonds is 1. The lowest BCUT2D eigenvalue weighted by Crippen LogP contribution is -1.95. The monoisotopic (exact) mass is 114 g/mol. The fourth-order valence-corrected chi connectivity index (χ4v) is 0.236. The van der Waals surface area contributed by atoms with Crippen LogP contribution in [0.3, 0.4) is 0 Å². The Bertz CT molecular complexity index is 142. The third-order valence-electron chi connectivity index (χ3n) is 0.441. The van der Waals surface area contributed by atoms with Crippen LogP contribution in [0.15, 0.2) is 5.76 Å². The van der Waals surface area contributed by atoms with Crippen LogP contribution in [0.25, 0.3) is 0 Å². The molecule has 0 aliphatic rings. The van der Waals surface area contributed by atoms with Gasteiger partial charge in [0, 0.05) is 13.8 Å². The first-order chi connectivity index (χ1) is 3.66. The molecule has 0 spiro atoms. The number of carbonyl (C=O) groups is 1. The van der Waals surface area contributed by atoms with Crippen LogP contribution in [0.4, 0.5) is 0 Å². The van der Waals surface area contributed by atoms with Crippen molar-refractivity contribution in [3.05, 3.63) is 5.76 Å². The molecule has 0 bridgehead atoms. The van der Waals surface area contributed by atoms with Crippen molar-refractivity contribution in [3.63, 3.8) is 0 Å². The van der Waals surface area contributed by atoms with Crippen LogP contribution in [-0.2, 0) is 14.3 Å². The van der Waals surface area contributed by atoms with Gasteiger partial charge in [0.25, 0.3) is 0 Å². The fraction of sp³-hybridized carbons (Fsp3) is 0.400. The number of esters is 1. The van der Waals surface area contributed by atoms with Gasteiger partial charge in [-0.1, -0.05) is 0 Å². The van der Waals surface area contributed by atoms with E-state index in [1.54, 1.807) is 0 Å². The van der Waals surface area contributed by atoms with E-state index in [9.17, 15) is 9.59 Å². The van der Waals surface area contributed by atoms with Crippen molar-refractivity contribution in [2.75, 3.05) is 0 Å². The second-order valence-electron chi connectivity index (χ2n) is 1.25. The predicted molar refractivity (Wildman–Crippen MR) is 26.6 cm³/mol. The maximum Gasteiger partial charge on any atom is 0.308 e. The first-order valence-corrected chi connectivity index (χ1v) is 2.07. The van der Waals surface area contributed by atoms with E-state index >= 15 is 0 Å². The topological polar surface area (TPSA) is 43.4 Å². The van der Waals surface area contributed by atoms with Gasteiger partial charge in [0.15, 0.2) is 11.7 Å². The summed E-state index contributed by atoms with van der Waals surface area (Å²) in [7, 11) is 0. The third kappa shape index (κ3) is 3.12. The highest BCUT2D eigenvalue weighted by Crippen LogP contribution is 1.86. The number of carbonyl (C=O) groups excluding carboxylic acids is 2. The Hall–Kier alpha value is -1.08. The van der Waals surface area contributed by atoms with Crippen LogP contribution in [0.5, 0.6) is 0 Å². The maximum absolute atomic E-state index is 9.99. The Labute approximate surface area is 46.9 Å². The minimum atomic E-state index is -0.495. The molecule has 0 aliphatic carbocycles. The molecule has 44 valence electrons. The van der Waals surface area contributed by atoms with Crippen molar-refractivity contribution >= 4 is 11.9 Å². The molecule has 0 saturated carbocycles. The summed E-state index contributed by atoms with van der Waals surface area (Å²) >= 11 is 0. The quantitative estimate of drug-likeness (QED) is 0.279.